The van der Waals surface area contributed by atoms with Gasteiger partial charge in [0.05, 0.1) is 4.47 Å². The second-order valence-electron chi connectivity index (χ2n) is 3.72. The molecule has 3 nitrogen and oxygen atoms in total. The first-order valence-electron chi connectivity index (χ1n) is 5.20. The van der Waals surface area contributed by atoms with E-state index in [1.165, 1.54) is 5.56 Å². The third-order valence-electron chi connectivity index (χ3n) is 2.67. The zero-order chi connectivity index (χ0) is 11.7. The monoisotopic (exact) mass is 279 g/mol. The molecule has 2 rings (SSSR count). The Bertz CT molecular complexity index is 500. The molecule has 0 aliphatic rings. The minimum absolute atomic E-state index is 0.648. The van der Waals surface area contributed by atoms with E-state index >= 15 is 0 Å². The number of nitrogens with two attached hydrogens (primary N) is 1. The molecule has 16 heavy (non-hydrogen) atoms. The standard InChI is InChI=1S/C12H14BrN3/c1-3-8-4-6-9(7-5-8)11-10(13)12(14)16(2)15-11/h4-7H,3,14H2,1-2H3. The van der Waals surface area contributed by atoms with Gasteiger partial charge in [-0.3, -0.25) is 4.68 Å². The molecule has 0 radical (unpaired) electrons. The molecular weight excluding hydrogens is 266 g/mol. The highest BCUT2D eigenvalue weighted by molar-refractivity contribution is 9.10. The molecule has 0 saturated carbocycles. The molecule has 4 heteroatoms. The largest absolute Gasteiger partial charge is 0.383 e. The average molecular weight is 280 g/mol. The highest BCUT2D eigenvalue weighted by atomic mass is 79.9. The molecule has 1 aromatic carbocycles. The number of aryl methyl sites for hydroxylation is 2. The predicted octanol–water partition coefficient (Wildman–Crippen LogP) is 2.99. The maximum absolute atomic E-state index is 5.85. The predicted molar refractivity (Wildman–Crippen MR) is 70.1 cm³/mol. The van der Waals surface area contributed by atoms with Crippen molar-refractivity contribution in [2.75, 3.05) is 5.73 Å². The van der Waals surface area contributed by atoms with Crippen molar-refractivity contribution in [1.29, 1.82) is 0 Å². The lowest BCUT2D eigenvalue weighted by atomic mass is 10.1. The zero-order valence-corrected chi connectivity index (χ0v) is 11.0. The minimum Gasteiger partial charge on any atom is -0.383 e. The third-order valence-corrected chi connectivity index (χ3v) is 3.45. The number of benzene rings is 1. The summed E-state index contributed by atoms with van der Waals surface area (Å²) in [4.78, 5) is 0. The quantitative estimate of drug-likeness (QED) is 0.919. The van der Waals surface area contributed by atoms with Gasteiger partial charge in [0.1, 0.15) is 11.5 Å². The number of halogens is 1. The molecule has 0 fully saturated rings. The van der Waals surface area contributed by atoms with Gasteiger partial charge in [-0.2, -0.15) is 5.10 Å². The molecule has 0 atom stereocenters. The smallest absolute Gasteiger partial charge is 0.136 e. The number of nitrogen functional groups attached to an aromatic ring is 1. The molecule has 0 saturated heterocycles. The topological polar surface area (TPSA) is 43.8 Å². The summed E-state index contributed by atoms with van der Waals surface area (Å²) in [6.45, 7) is 2.14. The van der Waals surface area contributed by atoms with Gasteiger partial charge in [0.2, 0.25) is 0 Å². The fourth-order valence-corrected chi connectivity index (χ4v) is 2.16. The zero-order valence-electron chi connectivity index (χ0n) is 9.37. The first kappa shape index (κ1) is 11.2. The second kappa shape index (κ2) is 4.29. The van der Waals surface area contributed by atoms with Crippen molar-refractivity contribution in [3.63, 3.8) is 0 Å². The summed E-state index contributed by atoms with van der Waals surface area (Å²) in [7, 11) is 1.84. The SMILES string of the molecule is CCc1ccc(-c2nn(C)c(N)c2Br)cc1. The lowest BCUT2D eigenvalue weighted by molar-refractivity contribution is 0.782. The van der Waals surface area contributed by atoms with Gasteiger partial charge >= 0.3 is 0 Å². The third kappa shape index (κ3) is 1.85. The van der Waals surface area contributed by atoms with E-state index in [9.17, 15) is 0 Å². The van der Waals surface area contributed by atoms with Gasteiger partial charge in [-0.1, -0.05) is 31.2 Å². The minimum atomic E-state index is 0.648. The van der Waals surface area contributed by atoms with Crippen LogP contribution in [0.4, 0.5) is 5.82 Å². The van der Waals surface area contributed by atoms with Crippen LogP contribution in [0.5, 0.6) is 0 Å². The fourth-order valence-electron chi connectivity index (χ4n) is 1.59. The lowest BCUT2D eigenvalue weighted by Crippen LogP contribution is -1.97. The van der Waals surface area contributed by atoms with Crippen LogP contribution in [0, 0.1) is 0 Å². The van der Waals surface area contributed by atoms with E-state index in [4.69, 9.17) is 5.73 Å². The van der Waals surface area contributed by atoms with Crippen molar-refractivity contribution in [3.05, 3.63) is 34.3 Å². The van der Waals surface area contributed by atoms with Crippen LogP contribution in [-0.2, 0) is 13.5 Å². The van der Waals surface area contributed by atoms with Crippen LogP contribution in [0.3, 0.4) is 0 Å². The molecule has 0 aliphatic heterocycles. The second-order valence-corrected chi connectivity index (χ2v) is 4.51. The van der Waals surface area contributed by atoms with E-state index in [1.54, 1.807) is 4.68 Å². The van der Waals surface area contributed by atoms with Crippen molar-refractivity contribution < 1.29 is 0 Å². The van der Waals surface area contributed by atoms with E-state index in [-0.39, 0.29) is 0 Å². The molecule has 1 heterocycles. The fraction of sp³-hybridized carbons (Fsp3) is 0.250. The number of hydrogen-bond acceptors (Lipinski definition) is 2. The number of rotatable bonds is 2. The molecule has 1 aromatic heterocycles. The first-order valence-corrected chi connectivity index (χ1v) is 6.00. The van der Waals surface area contributed by atoms with Gasteiger partial charge < -0.3 is 5.73 Å². The number of aromatic nitrogens is 2. The maximum atomic E-state index is 5.85. The maximum Gasteiger partial charge on any atom is 0.136 e. The molecule has 0 bridgehead atoms. The van der Waals surface area contributed by atoms with Crippen molar-refractivity contribution >= 4 is 21.7 Å². The van der Waals surface area contributed by atoms with Crippen LogP contribution >= 0.6 is 15.9 Å². The van der Waals surface area contributed by atoms with E-state index < -0.39 is 0 Å². The van der Waals surface area contributed by atoms with Crippen molar-refractivity contribution in [1.82, 2.24) is 9.78 Å². The average Bonchev–Trinajstić information content (AvgIpc) is 2.57. The van der Waals surface area contributed by atoms with Gasteiger partial charge in [0, 0.05) is 12.6 Å². The van der Waals surface area contributed by atoms with Crippen LogP contribution in [0.25, 0.3) is 11.3 Å². The molecule has 84 valence electrons. The Hall–Kier alpha value is -1.29. The van der Waals surface area contributed by atoms with Crippen LogP contribution < -0.4 is 5.73 Å². The number of hydrogen-bond donors (Lipinski definition) is 1. The van der Waals surface area contributed by atoms with Gasteiger partial charge in [0.25, 0.3) is 0 Å². The van der Waals surface area contributed by atoms with E-state index in [0.29, 0.717) is 5.82 Å². The highest BCUT2D eigenvalue weighted by Crippen LogP contribution is 2.31. The van der Waals surface area contributed by atoms with Gasteiger partial charge in [-0.15, -0.1) is 0 Å². The first-order chi connectivity index (χ1) is 7.63. The summed E-state index contributed by atoms with van der Waals surface area (Å²) in [6.07, 6.45) is 1.05. The van der Waals surface area contributed by atoms with E-state index in [1.807, 2.05) is 7.05 Å². The van der Waals surface area contributed by atoms with Gasteiger partial charge in [-0.05, 0) is 27.9 Å². The van der Waals surface area contributed by atoms with Crippen LogP contribution in [-0.4, -0.2) is 9.78 Å². The lowest BCUT2D eigenvalue weighted by Gasteiger charge is -2.00. The summed E-state index contributed by atoms with van der Waals surface area (Å²) in [5, 5.41) is 4.38. The Balaban J connectivity index is 2.46. The molecule has 0 aliphatic carbocycles. The molecule has 0 spiro atoms. The van der Waals surface area contributed by atoms with Gasteiger partial charge in [0.15, 0.2) is 0 Å². The van der Waals surface area contributed by atoms with E-state index in [2.05, 4.69) is 52.2 Å². The Kier molecular flexibility index (Phi) is 3.01. The summed E-state index contributed by atoms with van der Waals surface area (Å²) < 4.78 is 2.53. The number of nitrogens with zero attached hydrogens (tertiary/aromatic N) is 2. The van der Waals surface area contributed by atoms with Crippen molar-refractivity contribution in [2.24, 2.45) is 7.05 Å². The van der Waals surface area contributed by atoms with Crippen LogP contribution in [0.1, 0.15) is 12.5 Å². The van der Waals surface area contributed by atoms with Crippen molar-refractivity contribution in [3.8, 4) is 11.3 Å². The van der Waals surface area contributed by atoms with Crippen LogP contribution in [0.15, 0.2) is 28.7 Å². The van der Waals surface area contributed by atoms with Gasteiger partial charge in [-0.25, -0.2) is 0 Å². The Morgan fingerprint density at radius 1 is 1.31 bits per heavy atom. The molecule has 2 N–H and O–H groups in total. The summed E-state index contributed by atoms with van der Waals surface area (Å²) in [6, 6.07) is 8.38. The molecule has 2 aromatic rings. The number of anilines is 1. The molecule has 0 amide bonds. The Labute approximate surface area is 103 Å². The summed E-state index contributed by atoms with van der Waals surface area (Å²) in [5.41, 5.74) is 9.14. The molecule has 0 unspecified atom stereocenters. The highest BCUT2D eigenvalue weighted by Gasteiger charge is 2.12. The Morgan fingerprint density at radius 2 is 1.94 bits per heavy atom. The summed E-state index contributed by atoms with van der Waals surface area (Å²) >= 11 is 3.46. The normalized spacial score (nSPS) is 10.7. The van der Waals surface area contributed by atoms with Crippen molar-refractivity contribution in [2.45, 2.75) is 13.3 Å². The Morgan fingerprint density at radius 3 is 2.38 bits per heavy atom. The molecular formula is C12H14BrN3. The summed E-state index contributed by atoms with van der Waals surface area (Å²) in [5.74, 6) is 0.648. The van der Waals surface area contributed by atoms with E-state index in [0.717, 1.165) is 22.2 Å². The van der Waals surface area contributed by atoms with Crippen LogP contribution in [0.2, 0.25) is 0 Å².